The SMILES string of the molecule is CC1CCc2ccccc2N1c1ccnc(C#N)c1. The zero-order chi connectivity index (χ0) is 13.2. The topological polar surface area (TPSA) is 39.9 Å². The van der Waals surface area contributed by atoms with E-state index in [9.17, 15) is 0 Å². The van der Waals surface area contributed by atoms with E-state index in [0.29, 0.717) is 11.7 Å². The first-order valence-corrected chi connectivity index (χ1v) is 6.53. The van der Waals surface area contributed by atoms with Gasteiger partial charge < -0.3 is 4.90 Å². The number of hydrogen-bond donors (Lipinski definition) is 0. The summed E-state index contributed by atoms with van der Waals surface area (Å²) in [5.74, 6) is 0. The monoisotopic (exact) mass is 249 g/mol. The average Bonchev–Trinajstić information content (AvgIpc) is 2.47. The number of hydrogen-bond acceptors (Lipinski definition) is 3. The molecule has 0 N–H and O–H groups in total. The van der Waals surface area contributed by atoms with Gasteiger partial charge in [0.1, 0.15) is 11.8 Å². The van der Waals surface area contributed by atoms with E-state index in [1.807, 2.05) is 12.1 Å². The van der Waals surface area contributed by atoms with Crippen LogP contribution in [0.15, 0.2) is 42.6 Å². The molecule has 19 heavy (non-hydrogen) atoms. The first-order valence-electron chi connectivity index (χ1n) is 6.53. The van der Waals surface area contributed by atoms with Crippen molar-refractivity contribution < 1.29 is 0 Å². The molecule has 94 valence electrons. The van der Waals surface area contributed by atoms with Crippen LogP contribution in [-0.4, -0.2) is 11.0 Å². The van der Waals surface area contributed by atoms with Crippen molar-refractivity contribution in [3.8, 4) is 6.07 Å². The third kappa shape index (κ3) is 2.06. The summed E-state index contributed by atoms with van der Waals surface area (Å²) < 4.78 is 0. The van der Waals surface area contributed by atoms with Crippen molar-refractivity contribution in [2.24, 2.45) is 0 Å². The molecule has 0 aliphatic carbocycles. The Morgan fingerprint density at radius 2 is 2.16 bits per heavy atom. The van der Waals surface area contributed by atoms with Crippen LogP contribution in [0.2, 0.25) is 0 Å². The molecule has 0 amide bonds. The number of fused-ring (bicyclic) bond motifs is 1. The Bertz CT molecular complexity index is 642. The fourth-order valence-corrected chi connectivity index (χ4v) is 2.71. The highest BCUT2D eigenvalue weighted by Gasteiger charge is 2.24. The van der Waals surface area contributed by atoms with Crippen molar-refractivity contribution in [2.45, 2.75) is 25.8 Å². The molecule has 3 nitrogen and oxygen atoms in total. The number of pyridine rings is 1. The van der Waals surface area contributed by atoms with Gasteiger partial charge in [0.15, 0.2) is 0 Å². The molecule has 3 rings (SSSR count). The van der Waals surface area contributed by atoms with Crippen LogP contribution >= 0.6 is 0 Å². The minimum Gasteiger partial charge on any atom is -0.338 e. The van der Waals surface area contributed by atoms with Gasteiger partial charge in [-0.2, -0.15) is 5.26 Å². The number of nitrogens with zero attached hydrogens (tertiary/aromatic N) is 3. The van der Waals surface area contributed by atoms with E-state index in [1.54, 1.807) is 6.20 Å². The van der Waals surface area contributed by atoms with Crippen molar-refractivity contribution in [1.82, 2.24) is 4.98 Å². The number of para-hydroxylation sites is 1. The van der Waals surface area contributed by atoms with E-state index in [2.05, 4.69) is 47.1 Å². The second-order valence-corrected chi connectivity index (χ2v) is 4.90. The predicted octanol–water partition coefficient (Wildman–Crippen LogP) is 3.43. The van der Waals surface area contributed by atoms with Crippen LogP contribution in [0.25, 0.3) is 0 Å². The summed E-state index contributed by atoms with van der Waals surface area (Å²) in [6, 6.07) is 14.9. The standard InChI is InChI=1S/C16H15N3/c1-12-6-7-13-4-2-3-5-16(13)19(12)15-8-9-18-14(10-15)11-17/h2-5,8-10,12H,6-7H2,1H3. The maximum absolute atomic E-state index is 8.99. The van der Waals surface area contributed by atoms with Crippen LogP contribution in [0.4, 0.5) is 11.4 Å². The second kappa shape index (κ2) is 4.74. The van der Waals surface area contributed by atoms with Crippen molar-refractivity contribution in [2.75, 3.05) is 4.90 Å². The van der Waals surface area contributed by atoms with Gasteiger partial charge in [-0.05, 0) is 43.5 Å². The largest absolute Gasteiger partial charge is 0.338 e. The fraction of sp³-hybridized carbons (Fsp3) is 0.250. The molecule has 1 atom stereocenters. The number of aryl methyl sites for hydroxylation is 1. The third-order valence-corrected chi connectivity index (χ3v) is 3.66. The van der Waals surface area contributed by atoms with Crippen LogP contribution < -0.4 is 4.90 Å². The molecule has 0 radical (unpaired) electrons. The van der Waals surface area contributed by atoms with Crippen molar-refractivity contribution in [1.29, 1.82) is 5.26 Å². The first-order chi connectivity index (χ1) is 9.29. The Morgan fingerprint density at radius 1 is 1.32 bits per heavy atom. The smallest absolute Gasteiger partial charge is 0.142 e. The lowest BCUT2D eigenvalue weighted by molar-refractivity contribution is 0.618. The van der Waals surface area contributed by atoms with Crippen LogP contribution in [0.1, 0.15) is 24.6 Å². The zero-order valence-electron chi connectivity index (χ0n) is 10.9. The van der Waals surface area contributed by atoms with Gasteiger partial charge in [0, 0.05) is 23.6 Å². The molecule has 1 aromatic heterocycles. The normalized spacial score (nSPS) is 17.7. The Hall–Kier alpha value is -2.34. The molecule has 1 aromatic carbocycles. The molecule has 2 aromatic rings. The molecule has 1 aliphatic heterocycles. The predicted molar refractivity (Wildman–Crippen MR) is 75.3 cm³/mol. The first kappa shape index (κ1) is 11.7. The molecule has 0 spiro atoms. The molecule has 0 saturated carbocycles. The molecule has 1 aliphatic rings. The maximum atomic E-state index is 8.99. The highest BCUT2D eigenvalue weighted by Crippen LogP contribution is 2.36. The Morgan fingerprint density at radius 3 is 3.00 bits per heavy atom. The van der Waals surface area contributed by atoms with Crippen molar-refractivity contribution in [3.05, 3.63) is 53.9 Å². The van der Waals surface area contributed by atoms with Gasteiger partial charge in [-0.3, -0.25) is 0 Å². The molecule has 0 bridgehead atoms. The average molecular weight is 249 g/mol. The van der Waals surface area contributed by atoms with Gasteiger partial charge in [-0.1, -0.05) is 18.2 Å². The highest BCUT2D eigenvalue weighted by molar-refractivity contribution is 5.69. The minimum absolute atomic E-state index is 0.434. The number of benzene rings is 1. The van der Waals surface area contributed by atoms with Gasteiger partial charge in [0.2, 0.25) is 0 Å². The molecule has 0 fully saturated rings. The maximum Gasteiger partial charge on any atom is 0.142 e. The summed E-state index contributed by atoms with van der Waals surface area (Å²) in [4.78, 5) is 6.35. The summed E-state index contributed by atoms with van der Waals surface area (Å²) in [5, 5.41) is 8.99. The number of nitriles is 1. The van der Waals surface area contributed by atoms with Crippen LogP contribution in [-0.2, 0) is 6.42 Å². The van der Waals surface area contributed by atoms with Gasteiger partial charge in [-0.25, -0.2) is 4.98 Å². The van der Waals surface area contributed by atoms with Crippen LogP contribution in [0.5, 0.6) is 0 Å². The zero-order valence-corrected chi connectivity index (χ0v) is 10.9. The highest BCUT2D eigenvalue weighted by atomic mass is 15.2. The summed E-state index contributed by atoms with van der Waals surface area (Å²) in [6.45, 7) is 2.22. The quantitative estimate of drug-likeness (QED) is 0.777. The number of anilines is 2. The second-order valence-electron chi connectivity index (χ2n) is 4.90. The summed E-state index contributed by atoms with van der Waals surface area (Å²) in [5.41, 5.74) is 4.13. The summed E-state index contributed by atoms with van der Waals surface area (Å²) in [7, 11) is 0. The lowest BCUT2D eigenvalue weighted by Crippen LogP contribution is -2.33. The summed E-state index contributed by atoms with van der Waals surface area (Å²) in [6.07, 6.45) is 3.95. The van der Waals surface area contributed by atoms with E-state index in [1.165, 1.54) is 11.3 Å². The fourth-order valence-electron chi connectivity index (χ4n) is 2.71. The van der Waals surface area contributed by atoms with Crippen LogP contribution in [0.3, 0.4) is 0 Å². The number of rotatable bonds is 1. The van der Waals surface area contributed by atoms with Gasteiger partial charge in [0.25, 0.3) is 0 Å². The van der Waals surface area contributed by atoms with Crippen LogP contribution in [0, 0.1) is 11.3 Å². The number of aromatic nitrogens is 1. The van der Waals surface area contributed by atoms with Crippen molar-refractivity contribution >= 4 is 11.4 Å². The molecule has 3 heteroatoms. The lowest BCUT2D eigenvalue weighted by atomic mass is 9.96. The van der Waals surface area contributed by atoms with E-state index in [4.69, 9.17) is 5.26 Å². The van der Waals surface area contributed by atoms with Crippen molar-refractivity contribution in [3.63, 3.8) is 0 Å². The molecular formula is C16H15N3. The Kier molecular flexibility index (Phi) is 2.92. The molecule has 1 unspecified atom stereocenters. The third-order valence-electron chi connectivity index (χ3n) is 3.66. The minimum atomic E-state index is 0.434. The Balaban J connectivity index is 2.11. The van der Waals surface area contributed by atoms with Gasteiger partial charge in [-0.15, -0.1) is 0 Å². The van der Waals surface area contributed by atoms with Gasteiger partial charge >= 0.3 is 0 Å². The van der Waals surface area contributed by atoms with E-state index in [0.717, 1.165) is 18.5 Å². The van der Waals surface area contributed by atoms with Gasteiger partial charge in [0.05, 0.1) is 0 Å². The lowest BCUT2D eigenvalue weighted by Gasteiger charge is -2.37. The Labute approximate surface area is 113 Å². The molecule has 0 saturated heterocycles. The van der Waals surface area contributed by atoms with E-state index >= 15 is 0 Å². The van der Waals surface area contributed by atoms with E-state index in [-0.39, 0.29) is 0 Å². The summed E-state index contributed by atoms with van der Waals surface area (Å²) >= 11 is 0. The van der Waals surface area contributed by atoms with E-state index < -0.39 is 0 Å². The molecule has 2 heterocycles. The molecular weight excluding hydrogens is 234 g/mol.